The molecule has 2 fully saturated rings. The summed E-state index contributed by atoms with van der Waals surface area (Å²) in [7, 11) is 0. The lowest BCUT2D eigenvalue weighted by molar-refractivity contribution is -0.121. The molecule has 3 N–H and O–H groups in total. The van der Waals surface area contributed by atoms with Gasteiger partial charge in [-0.2, -0.15) is 0 Å². The molecule has 1 amide bonds. The largest absolute Gasteiger partial charge is 0.465 e. The molecule has 4 atom stereocenters. The Morgan fingerprint density at radius 1 is 1.35 bits per heavy atom. The third kappa shape index (κ3) is 1.86. The fraction of sp³-hybridized carbons (Fsp3) is 0.615. The summed E-state index contributed by atoms with van der Waals surface area (Å²) >= 11 is 0. The number of amides is 1. The zero-order valence-electron chi connectivity index (χ0n) is 9.98. The van der Waals surface area contributed by atoms with Gasteiger partial charge in [0.1, 0.15) is 11.5 Å². The second-order valence-corrected chi connectivity index (χ2v) is 5.33. The quantitative estimate of drug-likeness (QED) is 0.825. The molecule has 3 rings (SSSR count). The molecule has 4 unspecified atom stereocenters. The van der Waals surface area contributed by atoms with Gasteiger partial charge in [-0.1, -0.05) is 6.92 Å². The van der Waals surface area contributed by atoms with Gasteiger partial charge in [0.05, 0.1) is 5.92 Å². The number of primary amides is 1. The minimum absolute atomic E-state index is 0.107. The summed E-state index contributed by atoms with van der Waals surface area (Å²) < 4.78 is 5.89. The molecule has 1 aromatic heterocycles. The van der Waals surface area contributed by atoms with Gasteiger partial charge in [0, 0.05) is 24.9 Å². The Kier molecular flexibility index (Phi) is 2.47. The first-order chi connectivity index (χ1) is 8.16. The Hall–Kier alpha value is -1.29. The van der Waals surface area contributed by atoms with Crippen molar-refractivity contribution in [2.45, 2.75) is 25.2 Å². The van der Waals surface area contributed by atoms with Crippen LogP contribution >= 0.6 is 0 Å². The van der Waals surface area contributed by atoms with Gasteiger partial charge in [-0.15, -0.1) is 0 Å². The second-order valence-electron chi connectivity index (χ2n) is 5.33. The van der Waals surface area contributed by atoms with E-state index in [9.17, 15) is 4.79 Å². The third-order valence-electron chi connectivity index (χ3n) is 4.07. The van der Waals surface area contributed by atoms with E-state index in [2.05, 4.69) is 18.3 Å². The highest BCUT2D eigenvalue weighted by molar-refractivity contribution is 5.78. The van der Waals surface area contributed by atoms with Crippen LogP contribution in [0.3, 0.4) is 0 Å². The molecule has 0 aromatic carbocycles. The van der Waals surface area contributed by atoms with Crippen molar-refractivity contribution in [2.24, 2.45) is 17.6 Å². The highest BCUT2D eigenvalue weighted by atomic mass is 16.3. The Morgan fingerprint density at radius 2 is 2.00 bits per heavy atom. The summed E-state index contributed by atoms with van der Waals surface area (Å²) in [5, 5.41) is 3.20. The number of hydrogen-bond donors (Lipinski definition) is 2. The van der Waals surface area contributed by atoms with Crippen molar-refractivity contribution in [1.82, 2.24) is 5.32 Å². The first-order valence-corrected chi connectivity index (χ1v) is 6.26. The van der Waals surface area contributed by atoms with Crippen LogP contribution in [0.2, 0.25) is 0 Å². The fourth-order valence-corrected chi connectivity index (χ4v) is 2.76. The number of furan rings is 1. The molecule has 92 valence electrons. The van der Waals surface area contributed by atoms with Crippen molar-refractivity contribution in [1.29, 1.82) is 0 Å². The minimum Gasteiger partial charge on any atom is -0.465 e. The van der Waals surface area contributed by atoms with Gasteiger partial charge >= 0.3 is 0 Å². The maximum absolute atomic E-state index is 11.3. The molecule has 4 nitrogen and oxygen atoms in total. The van der Waals surface area contributed by atoms with E-state index in [-0.39, 0.29) is 17.7 Å². The van der Waals surface area contributed by atoms with E-state index in [1.54, 1.807) is 0 Å². The first-order valence-electron chi connectivity index (χ1n) is 6.26. The van der Waals surface area contributed by atoms with Gasteiger partial charge in [-0.05, 0) is 24.5 Å². The predicted octanol–water partition coefficient (Wildman–Crippen LogP) is 1.19. The molecule has 1 aliphatic carbocycles. The van der Waals surface area contributed by atoms with Crippen LogP contribution in [0.1, 0.15) is 36.7 Å². The number of hydrogen-bond acceptors (Lipinski definition) is 3. The normalized spacial score (nSPS) is 36.1. The number of carbonyl (C=O) groups is 1. The summed E-state index contributed by atoms with van der Waals surface area (Å²) in [6.45, 7) is 3.67. The molecule has 2 heterocycles. The van der Waals surface area contributed by atoms with Crippen molar-refractivity contribution in [3.8, 4) is 0 Å². The van der Waals surface area contributed by atoms with Gasteiger partial charge in [0.25, 0.3) is 0 Å². The van der Waals surface area contributed by atoms with E-state index in [0.29, 0.717) is 12.5 Å². The molecule has 0 radical (unpaired) electrons. The Bertz CT molecular complexity index is 440. The van der Waals surface area contributed by atoms with Crippen molar-refractivity contribution < 1.29 is 9.21 Å². The predicted molar refractivity (Wildman–Crippen MR) is 63.5 cm³/mol. The Morgan fingerprint density at radius 3 is 2.59 bits per heavy atom. The molecule has 17 heavy (non-hydrogen) atoms. The monoisotopic (exact) mass is 234 g/mol. The van der Waals surface area contributed by atoms with Crippen LogP contribution in [-0.4, -0.2) is 19.0 Å². The van der Waals surface area contributed by atoms with Gasteiger partial charge in [0.15, 0.2) is 0 Å². The van der Waals surface area contributed by atoms with E-state index < -0.39 is 0 Å². The van der Waals surface area contributed by atoms with Crippen LogP contribution in [0.15, 0.2) is 16.5 Å². The highest BCUT2D eigenvalue weighted by Gasteiger charge is 2.39. The number of nitrogens with two attached hydrogens (primary N) is 1. The van der Waals surface area contributed by atoms with E-state index in [0.717, 1.165) is 24.0 Å². The van der Waals surface area contributed by atoms with Crippen LogP contribution in [0, 0.1) is 11.8 Å². The number of rotatable bonds is 3. The summed E-state index contributed by atoms with van der Waals surface area (Å²) in [5.41, 5.74) is 5.41. The lowest BCUT2D eigenvalue weighted by Crippen LogP contribution is -2.28. The molecule has 1 saturated heterocycles. The summed E-state index contributed by atoms with van der Waals surface area (Å²) in [6, 6.07) is 4.06. The Balaban J connectivity index is 1.79. The van der Waals surface area contributed by atoms with E-state index >= 15 is 0 Å². The first kappa shape index (κ1) is 10.8. The van der Waals surface area contributed by atoms with Crippen molar-refractivity contribution in [3.05, 3.63) is 23.7 Å². The number of nitrogens with one attached hydrogen (secondary N) is 1. The van der Waals surface area contributed by atoms with Gasteiger partial charge in [0.2, 0.25) is 5.91 Å². The molecule has 1 aliphatic heterocycles. The molecule has 4 heteroatoms. The van der Waals surface area contributed by atoms with Gasteiger partial charge < -0.3 is 15.5 Å². The summed E-state index contributed by atoms with van der Waals surface area (Å²) in [4.78, 5) is 11.3. The molecular formula is C13H18N2O2. The molecule has 1 aromatic rings. The fourth-order valence-electron chi connectivity index (χ4n) is 2.76. The maximum atomic E-state index is 11.3. The van der Waals surface area contributed by atoms with E-state index in [1.807, 2.05) is 6.07 Å². The standard InChI is InChI=1S/C13H18N2O2/c1-7-4-8(7)11-2-3-12(17-11)9-5-15-6-10(9)13(14)16/h2-3,7-10,15H,4-6H2,1H3,(H2,14,16). The molecule has 2 aliphatic rings. The zero-order valence-corrected chi connectivity index (χ0v) is 9.98. The minimum atomic E-state index is -0.238. The van der Waals surface area contributed by atoms with E-state index in [1.165, 1.54) is 6.42 Å². The maximum Gasteiger partial charge on any atom is 0.222 e. The SMILES string of the molecule is CC1CC1c1ccc(C2CNCC2C(N)=O)o1. The van der Waals surface area contributed by atoms with E-state index in [4.69, 9.17) is 10.2 Å². The van der Waals surface area contributed by atoms with Crippen LogP contribution in [0.25, 0.3) is 0 Å². The average Bonchev–Trinajstić information content (AvgIpc) is 2.77. The lowest BCUT2D eigenvalue weighted by atomic mass is 9.93. The molecule has 1 saturated carbocycles. The lowest BCUT2D eigenvalue weighted by Gasteiger charge is -2.12. The highest BCUT2D eigenvalue weighted by Crippen LogP contribution is 2.48. The smallest absolute Gasteiger partial charge is 0.222 e. The average molecular weight is 234 g/mol. The zero-order chi connectivity index (χ0) is 12.0. The molecular weight excluding hydrogens is 216 g/mol. The molecule has 0 spiro atoms. The van der Waals surface area contributed by atoms with Crippen molar-refractivity contribution in [3.63, 3.8) is 0 Å². The number of carbonyl (C=O) groups excluding carboxylic acids is 1. The van der Waals surface area contributed by atoms with Crippen molar-refractivity contribution >= 4 is 5.91 Å². The summed E-state index contributed by atoms with van der Waals surface area (Å²) in [5.74, 6) is 3.04. The Labute approximate surface area is 101 Å². The van der Waals surface area contributed by atoms with Crippen LogP contribution in [-0.2, 0) is 4.79 Å². The third-order valence-corrected chi connectivity index (χ3v) is 4.07. The van der Waals surface area contributed by atoms with Crippen LogP contribution in [0.4, 0.5) is 0 Å². The summed E-state index contributed by atoms with van der Waals surface area (Å²) in [6.07, 6.45) is 1.22. The second kappa shape index (κ2) is 3.88. The topological polar surface area (TPSA) is 68.3 Å². The van der Waals surface area contributed by atoms with Crippen molar-refractivity contribution in [2.75, 3.05) is 13.1 Å². The van der Waals surface area contributed by atoms with Gasteiger partial charge in [-0.25, -0.2) is 0 Å². The van der Waals surface area contributed by atoms with Crippen LogP contribution < -0.4 is 11.1 Å². The molecule has 0 bridgehead atoms. The van der Waals surface area contributed by atoms with Gasteiger partial charge in [-0.3, -0.25) is 4.79 Å². The van der Waals surface area contributed by atoms with Crippen LogP contribution in [0.5, 0.6) is 0 Å².